The summed E-state index contributed by atoms with van der Waals surface area (Å²) in [6.07, 6.45) is 5.32. The highest BCUT2D eigenvalue weighted by molar-refractivity contribution is 5.47. The van der Waals surface area contributed by atoms with Crippen molar-refractivity contribution in [2.24, 2.45) is 7.05 Å². The van der Waals surface area contributed by atoms with Gasteiger partial charge in [-0.2, -0.15) is 0 Å². The highest BCUT2D eigenvalue weighted by Gasteiger charge is 2.04. The molecule has 5 nitrogen and oxygen atoms in total. The smallest absolute Gasteiger partial charge is 0.180 e. The second-order valence-electron chi connectivity index (χ2n) is 3.23. The number of methoxy groups -OCH3 is 1. The minimum Gasteiger partial charge on any atom is -0.378 e. The van der Waals surface area contributed by atoms with Crippen LogP contribution in [0.4, 0.5) is 0 Å². The lowest BCUT2D eigenvalue weighted by Gasteiger charge is -1.99. The fourth-order valence-corrected chi connectivity index (χ4v) is 1.28. The van der Waals surface area contributed by atoms with Gasteiger partial charge in [0.25, 0.3) is 0 Å². The van der Waals surface area contributed by atoms with Crippen molar-refractivity contribution in [1.82, 2.24) is 19.5 Å². The molecule has 0 aliphatic rings. The molecular formula is C10H12N4O. The molecular weight excluding hydrogens is 192 g/mol. The number of hydrogen-bond donors (Lipinski definition) is 0. The quantitative estimate of drug-likeness (QED) is 0.749. The molecule has 0 saturated carbocycles. The number of imidazole rings is 1. The SMILES string of the molecule is COCc1ccnc(-c2cn(C)cn2)n1. The van der Waals surface area contributed by atoms with Gasteiger partial charge in [-0.3, -0.25) is 0 Å². The summed E-state index contributed by atoms with van der Waals surface area (Å²) in [6, 6.07) is 1.83. The fourth-order valence-electron chi connectivity index (χ4n) is 1.28. The van der Waals surface area contributed by atoms with Gasteiger partial charge < -0.3 is 9.30 Å². The zero-order valence-corrected chi connectivity index (χ0v) is 8.71. The third kappa shape index (κ3) is 2.19. The van der Waals surface area contributed by atoms with E-state index in [1.54, 1.807) is 19.6 Å². The lowest BCUT2D eigenvalue weighted by Crippen LogP contribution is -1.96. The van der Waals surface area contributed by atoms with Crippen LogP contribution >= 0.6 is 0 Å². The Kier molecular flexibility index (Phi) is 2.73. The maximum atomic E-state index is 5.01. The molecule has 15 heavy (non-hydrogen) atoms. The Morgan fingerprint density at radius 3 is 2.93 bits per heavy atom. The van der Waals surface area contributed by atoms with Crippen LogP contribution in [-0.4, -0.2) is 26.6 Å². The monoisotopic (exact) mass is 204 g/mol. The lowest BCUT2D eigenvalue weighted by molar-refractivity contribution is 0.181. The standard InChI is InChI=1S/C10H12N4O/c1-14-5-9(12-7-14)10-11-4-3-8(13-10)6-15-2/h3-5,7H,6H2,1-2H3. The van der Waals surface area contributed by atoms with Crippen molar-refractivity contribution in [3.8, 4) is 11.5 Å². The van der Waals surface area contributed by atoms with E-state index in [0.29, 0.717) is 12.4 Å². The van der Waals surface area contributed by atoms with Gasteiger partial charge in [-0.1, -0.05) is 0 Å². The first-order chi connectivity index (χ1) is 7.29. The van der Waals surface area contributed by atoms with E-state index in [0.717, 1.165) is 11.4 Å². The molecule has 2 aromatic rings. The second-order valence-corrected chi connectivity index (χ2v) is 3.23. The van der Waals surface area contributed by atoms with Gasteiger partial charge in [-0.25, -0.2) is 15.0 Å². The zero-order valence-electron chi connectivity index (χ0n) is 8.71. The van der Waals surface area contributed by atoms with Gasteiger partial charge in [-0.05, 0) is 6.07 Å². The van der Waals surface area contributed by atoms with Crippen molar-refractivity contribution in [3.63, 3.8) is 0 Å². The number of aromatic nitrogens is 4. The first kappa shape index (κ1) is 9.79. The lowest BCUT2D eigenvalue weighted by atomic mass is 10.4. The van der Waals surface area contributed by atoms with E-state index in [1.807, 2.05) is 23.9 Å². The van der Waals surface area contributed by atoms with E-state index in [9.17, 15) is 0 Å². The minimum atomic E-state index is 0.488. The van der Waals surface area contributed by atoms with Crippen LogP contribution in [0.15, 0.2) is 24.8 Å². The van der Waals surface area contributed by atoms with Crippen molar-refractivity contribution in [1.29, 1.82) is 0 Å². The van der Waals surface area contributed by atoms with Crippen LogP contribution in [-0.2, 0) is 18.4 Å². The zero-order chi connectivity index (χ0) is 10.7. The molecule has 0 spiro atoms. The molecule has 5 heteroatoms. The first-order valence-electron chi connectivity index (χ1n) is 4.59. The van der Waals surface area contributed by atoms with Crippen LogP contribution in [0.3, 0.4) is 0 Å². The molecule has 0 saturated heterocycles. The molecule has 0 amide bonds. The molecule has 0 atom stereocenters. The van der Waals surface area contributed by atoms with E-state index < -0.39 is 0 Å². The number of aryl methyl sites for hydroxylation is 1. The predicted octanol–water partition coefficient (Wildman–Crippen LogP) is 1.02. The topological polar surface area (TPSA) is 52.8 Å². The Morgan fingerprint density at radius 2 is 2.27 bits per heavy atom. The van der Waals surface area contributed by atoms with E-state index in [4.69, 9.17) is 4.74 Å². The van der Waals surface area contributed by atoms with E-state index >= 15 is 0 Å². The summed E-state index contributed by atoms with van der Waals surface area (Å²) in [4.78, 5) is 12.7. The molecule has 2 aromatic heterocycles. The van der Waals surface area contributed by atoms with Gasteiger partial charge in [0.05, 0.1) is 18.6 Å². The molecule has 0 bridgehead atoms. The molecule has 78 valence electrons. The summed E-state index contributed by atoms with van der Waals surface area (Å²) in [7, 11) is 3.55. The summed E-state index contributed by atoms with van der Waals surface area (Å²) in [6.45, 7) is 0.488. The summed E-state index contributed by atoms with van der Waals surface area (Å²) in [5.41, 5.74) is 1.63. The summed E-state index contributed by atoms with van der Waals surface area (Å²) >= 11 is 0. The van der Waals surface area contributed by atoms with Crippen LogP contribution in [0.1, 0.15) is 5.69 Å². The van der Waals surface area contributed by atoms with Crippen molar-refractivity contribution < 1.29 is 4.74 Å². The fraction of sp³-hybridized carbons (Fsp3) is 0.300. The Bertz CT molecular complexity index is 452. The van der Waals surface area contributed by atoms with Gasteiger partial charge in [0.15, 0.2) is 5.82 Å². The maximum Gasteiger partial charge on any atom is 0.180 e. The number of hydrogen-bond acceptors (Lipinski definition) is 4. The number of nitrogens with zero attached hydrogens (tertiary/aromatic N) is 4. The van der Waals surface area contributed by atoms with Gasteiger partial charge >= 0.3 is 0 Å². The van der Waals surface area contributed by atoms with Crippen LogP contribution in [0.2, 0.25) is 0 Å². The highest BCUT2D eigenvalue weighted by Crippen LogP contribution is 2.11. The van der Waals surface area contributed by atoms with Crippen LogP contribution in [0, 0.1) is 0 Å². The molecule has 0 unspecified atom stereocenters. The van der Waals surface area contributed by atoms with Gasteiger partial charge in [-0.15, -0.1) is 0 Å². The van der Waals surface area contributed by atoms with Crippen LogP contribution < -0.4 is 0 Å². The Morgan fingerprint density at radius 1 is 1.40 bits per heavy atom. The van der Waals surface area contributed by atoms with Crippen molar-refractivity contribution in [2.45, 2.75) is 6.61 Å². The Hall–Kier alpha value is -1.75. The van der Waals surface area contributed by atoms with Crippen LogP contribution in [0.5, 0.6) is 0 Å². The Labute approximate surface area is 87.8 Å². The van der Waals surface area contributed by atoms with Crippen molar-refractivity contribution in [2.75, 3.05) is 7.11 Å². The van der Waals surface area contributed by atoms with Gasteiger partial charge in [0.1, 0.15) is 5.69 Å². The predicted molar refractivity (Wildman–Crippen MR) is 54.9 cm³/mol. The average molecular weight is 204 g/mol. The van der Waals surface area contributed by atoms with Crippen molar-refractivity contribution in [3.05, 3.63) is 30.5 Å². The molecule has 0 N–H and O–H groups in total. The van der Waals surface area contributed by atoms with Crippen LogP contribution in [0.25, 0.3) is 11.5 Å². The molecule has 0 aliphatic carbocycles. The summed E-state index contributed by atoms with van der Waals surface area (Å²) < 4.78 is 6.87. The van der Waals surface area contributed by atoms with E-state index in [1.165, 1.54) is 0 Å². The number of ether oxygens (including phenoxy) is 1. The van der Waals surface area contributed by atoms with E-state index in [-0.39, 0.29) is 0 Å². The molecule has 0 aromatic carbocycles. The second kappa shape index (κ2) is 4.18. The summed E-state index contributed by atoms with van der Waals surface area (Å²) in [5.74, 6) is 0.630. The normalized spacial score (nSPS) is 10.5. The van der Waals surface area contributed by atoms with Crippen molar-refractivity contribution >= 4 is 0 Å². The van der Waals surface area contributed by atoms with Gasteiger partial charge in [0, 0.05) is 26.6 Å². The number of rotatable bonds is 3. The molecule has 2 rings (SSSR count). The molecule has 0 fully saturated rings. The maximum absolute atomic E-state index is 5.01. The molecule has 0 radical (unpaired) electrons. The summed E-state index contributed by atoms with van der Waals surface area (Å²) in [5, 5.41) is 0. The molecule has 2 heterocycles. The Balaban J connectivity index is 2.32. The minimum absolute atomic E-state index is 0.488. The first-order valence-corrected chi connectivity index (χ1v) is 4.59. The average Bonchev–Trinajstić information content (AvgIpc) is 2.66. The van der Waals surface area contributed by atoms with Gasteiger partial charge in [0.2, 0.25) is 0 Å². The largest absolute Gasteiger partial charge is 0.378 e. The van der Waals surface area contributed by atoms with E-state index in [2.05, 4.69) is 15.0 Å². The third-order valence-electron chi connectivity index (χ3n) is 1.94. The molecule has 0 aliphatic heterocycles. The third-order valence-corrected chi connectivity index (χ3v) is 1.94. The highest BCUT2D eigenvalue weighted by atomic mass is 16.5.